The number of hydrogen-bond acceptors (Lipinski definition) is 1. The highest BCUT2D eigenvalue weighted by molar-refractivity contribution is 5.45. The Kier molecular flexibility index (Phi) is 3.01. The zero-order valence-electron chi connectivity index (χ0n) is 10.2. The lowest BCUT2D eigenvalue weighted by atomic mass is 10.0. The smallest absolute Gasteiger partial charge is 0.123 e. The molecule has 0 heterocycles. The lowest BCUT2D eigenvalue weighted by Gasteiger charge is -2.10. The maximum absolute atomic E-state index is 12.8. The zero-order valence-corrected chi connectivity index (χ0v) is 10.2. The van der Waals surface area contributed by atoms with E-state index in [1.54, 1.807) is 12.1 Å². The predicted octanol–water partition coefficient (Wildman–Crippen LogP) is 4.32. The van der Waals surface area contributed by atoms with Crippen LogP contribution < -0.4 is 5.32 Å². The van der Waals surface area contributed by atoms with Crippen LogP contribution in [0.15, 0.2) is 48.5 Å². The largest absolute Gasteiger partial charge is 0.381 e. The number of anilines is 1. The van der Waals surface area contributed by atoms with Crippen molar-refractivity contribution >= 4 is 5.69 Å². The summed E-state index contributed by atoms with van der Waals surface area (Å²) in [4.78, 5) is 0. The Morgan fingerprint density at radius 3 is 2.44 bits per heavy atom. The van der Waals surface area contributed by atoms with Gasteiger partial charge in [0.05, 0.1) is 0 Å². The average molecular weight is 241 g/mol. The van der Waals surface area contributed by atoms with E-state index >= 15 is 0 Å². The first kappa shape index (κ1) is 11.3. The predicted molar refractivity (Wildman–Crippen MR) is 72.1 cm³/mol. The number of rotatable bonds is 4. The van der Waals surface area contributed by atoms with Gasteiger partial charge in [-0.3, -0.25) is 0 Å². The van der Waals surface area contributed by atoms with Gasteiger partial charge in [0.15, 0.2) is 0 Å². The molecule has 1 nitrogen and oxygen atoms in total. The molecule has 2 aromatic carbocycles. The minimum Gasteiger partial charge on any atom is -0.381 e. The summed E-state index contributed by atoms with van der Waals surface area (Å²) in [5.41, 5.74) is 3.78. The van der Waals surface area contributed by atoms with Gasteiger partial charge in [-0.1, -0.05) is 24.3 Å². The molecule has 1 N–H and O–H groups in total. The van der Waals surface area contributed by atoms with Crippen LogP contribution in [0.1, 0.15) is 29.9 Å². The van der Waals surface area contributed by atoms with Crippen LogP contribution in [0.4, 0.5) is 10.1 Å². The standard InChI is InChI=1S/C16H16FN/c17-14-7-9-15(10-8-14)18-11-13-3-1-2-4-16(13)12-5-6-12/h1-4,7-10,12,18H,5-6,11H2. The molecule has 0 radical (unpaired) electrons. The monoisotopic (exact) mass is 241 g/mol. The van der Waals surface area contributed by atoms with Crippen LogP contribution in [-0.4, -0.2) is 0 Å². The van der Waals surface area contributed by atoms with Crippen molar-refractivity contribution in [2.24, 2.45) is 0 Å². The molecule has 2 heteroatoms. The van der Waals surface area contributed by atoms with Crippen LogP contribution in [0.5, 0.6) is 0 Å². The molecule has 0 atom stereocenters. The van der Waals surface area contributed by atoms with Gasteiger partial charge < -0.3 is 5.32 Å². The van der Waals surface area contributed by atoms with E-state index in [1.165, 1.54) is 36.1 Å². The van der Waals surface area contributed by atoms with E-state index in [1.807, 2.05) is 0 Å². The first-order valence-corrected chi connectivity index (χ1v) is 6.40. The van der Waals surface area contributed by atoms with Crippen molar-refractivity contribution in [2.45, 2.75) is 25.3 Å². The van der Waals surface area contributed by atoms with E-state index in [2.05, 4.69) is 29.6 Å². The van der Waals surface area contributed by atoms with E-state index in [9.17, 15) is 4.39 Å². The molecule has 0 bridgehead atoms. The third-order valence-electron chi connectivity index (χ3n) is 3.40. The molecule has 0 amide bonds. The minimum atomic E-state index is -0.195. The molecule has 0 aliphatic heterocycles. The minimum absolute atomic E-state index is 0.195. The summed E-state index contributed by atoms with van der Waals surface area (Å²) < 4.78 is 12.8. The second-order valence-electron chi connectivity index (χ2n) is 4.83. The van der Waals surface area contributed by atoms with Gasteiger partial charge in [0, 0.05) is 12.2 Å². The third-order valence-corrected chi connectivity index (χ3v) is 3.40. The SMILES string of the molecule is Fc1ccc(NCc2ccccc2C2CC2)cc1. The Morgan fingerprint density at radius 1 is 1.00 bits per heavy atom. The van der Waals surface area contributed by atoms with Gasteiger partial charge in [-0.25, -0.2) is 4.39 Å². The van der Waals surface area contributed by atoms with Crippen LogP contribution in [-0.2, 0) is 6.54 Å². The van der Waals surface area contributed by atoms with Gasteiger partial charge in [-0.15, -0.1) is 0 Å². The molecule has 1 saturated carbocycles. The third kappa shape index (κ3) is 2.53. The van der Waals surface area contributed by atoms with Crippen molar-refractivity contribution in [1.82, 2.24) is 0 Å². The second-order valence-corrected chi connectivity index (χ2v) is 4.83. The van der Waals surface area contributed by atoms with Crippen molar-refractivity contribution in [3.05, 3.63) is 65.5 Å². The van der Waals surface area contributed by atoms with Gasteiger partial charge in [-0.05, 0) is 54.2 Å². The number of hydrogen-bond donors (Lipinski definition) is 1. The highest BCUT2D eigenvalue weighted by atomic mass is 19.1. The fraction of sp³-hybridized carbons (Fsp3) is 0.250. The summed E-state index contributed by atoms with van der Waals surface area (Å²) in [5.74, 6) is 0.565. The molecule has 18 heavy (non-hydrogen) atoms. The molecular weight excluding hydrogens is 225 g/mol. The first-order valence-electron chi connectivity index (χ1n) is 6.40. The Balaban J connectivity index is 1.71. The normalized spacial score (nSPS) is 14.5. The highest BCUT2D eigenvalue weighted by Gasteiger charge is 2.25. The van der Waals surface area contributed by atoms with Crippen LogP contribution in [0, 0.1) is 5.82 Å². The highest BCUT2D eigenvalue weighted by Crippen LogP contribution is 2.41. The van der Waals surface area contributed by atoms with E-state index in [4.69, 9.17) is 0 Å². The molecule has 92 valence electrons. The molecule has 1 fully saturated rings. The molecule has 0 spiro atoms. The summed E-state index contributed by atoms with van der Waals surface area (Å²) in [6.07, 6.45) is 2.63. The Bertz CT molecular complexity index is 529. The molecule has 0 unspecified atom stereocenters. The van der Waals surface area contributed by atoms with Crippen LogP contribution in [0.25, 0.3) is 0 Å². The average Bonchev–Trinajstić information content (AvgIpc) is 3.23. The maximum atomic E-state index is 12.8. The summed E-state index contributed by atoms with van der Waals surface area (Å²) in [7, 11) is 0. The van der Waals surface area contributed by atoms with E-state index in [-0.39, 0.29) is 5.82 Å². The molecular formula is C16H16FN. The number of benzene rings is 2. The van der Waals surface area contributed by atoms with E-state index in [0.29, 0.717) is 0 Å². The first-order chi connectivity index (χ1) is 8.83. The molecule has 2 aromatic rings. The number of halogens is 1. The zero-order chi connectivity index (χ0) is 12.4. The summed E-state index contributed by atoms with van der Waals surface area (Å²) in [6, 6.07) is 15.1. The van der Waals surface area contributed by atoms with Gasteiger partial charge in [0.1, 0.15) is 5.82 Å². The Morgan fingerprint density at radius 2 is 1.72 bits per heavy atom. The van der Waals surface area contributed by atoms with Crippen molar-refractivity contribution in [2.75, 3.05) is 5.32 Å². The lowest BCUT2D eigenvalue weighted by molar-refractivity contribution is 0.628. The quantitative estimate of drug-likeness (QED) is 0.840. The van der Waals surface area contributed by atoms with Gasteiger partial charge in [-0.2, -0.15) is 0 Å². The summed E-state index contributed by atoms with van der Waals surface area (Å²) in [5, 5.41) is 3.34. The van der Waals surface area contributed by atoms with Gasteiger partial charge in [0.2, 0.25) is 0 Å². The van der Waals surface area contributed by atoms with Crippen molar-refractivity contribution in [3.8, 4) is 0 Å². The number of nitrogens with one attached hydrogen (secondary N) is 1. The summed E-state index contributed by atoms with van der Waals surface area (Å²) in [6.45, 7) is 0.804. The Hall–Kier alpha value is -1.83. The molecule has 0 aromatic heterocycles. The fourth-order valence-corrected chi connectivity index (χ4v) is 2.25. The second kappa shape index (κ2) is 4.81. The van der Waals surface area contributed by atoms with E-state index < -0.39 is 0 Å². The van der Waals surface area contributed by atoms with Crippen LogP contribution in [0.3, 0.4) is 0 Å². The molecule has 3 rings (SSSR count). The van der Waals surface area contributed by atoms with Crippen molar-refractivity contribution in [1.29, 1.82) is 0 Å². The molecule has 1 aliphatic carbocycles. The molecule has 1 aliphatic rings. The Labute approximate surface area is 107 Å². The van der Waals surface area contributed by atoms with Crippen molar-refractivity contribution in [3.63, 3.8) is 0 Å². The fourth-order valence-electron chi connectivity index (χ4n) is 2.25. The topological polar surface area (TPSA) is 12.0 Å². The summed E-state index contributed by atoms with van der Waals surface area (Å²) >= 11 is 0. The van der Waals surface area contributed by atoms with Crippen LogP contribution in [0.2, 0.25) is 0 Å². The maximum Gasteiger partial charge on any atom is 0.123 e. The van der Waals surface area contributed by atoms with Gasteiger partial charge in [0.25, 0.3) is 0 Å². The lowest BCUT2D eigenvalue weighted by Crippen LogP contribution is -2.02. The van der Waals surface area contributed by atoms with Crippen molar-refractivity contribution < 1.29 is 4.39 Å². The van der Waals surface area contributed by atoms with Gasteiger partial charge >= 0.3 is 0 Å². The van der Waals surface area contributed by atoms with Crippen LogP contribution >= 0.6 is 0 Å². The molecule has 0 saturated heterocycles. The van der Waals surface area contributed by atoms with E-state index in [0.717, 1.165) is 18.2 Å².